The van der Waals surface area contributed by atoms with Crippen molar-refractivity contribution in [2.45, 2.75) is 39.3 Å². The highest BCUT2D eigenvalue weighted by Gasteiger charge is 2.24. The van der Waals surface area contributed by atoms with Gasteiger partial charge in [0.2, 0.25) is 0 Å². The normalized spacial score (nSPS) is 16.4. The highest BCUT2D eigenvalue weighted by atomic mass is 16.3. The summed E-state index contributed by atoms with van der Waals surface area (Å²) >= 11 is 0. The molecule has 0 bridgehead atoms. The van der Waals surface area contributed by atoms with Crippen LogP contribution < -0.4 is 10.6 Å². The number of hydrogen-bond acceptors (Lipinski definition) is 5. The van der Waals surface area contributed by atoms with Gasteiger partial charge in [-0.25, -0.2) is 4.98 Å². The zero-order chi connectivity index (χ0) is 20.5. The number of H-pyrrole nitrogens is 1. The van der Waals surface area contributed by atoms with Crippen molar-refractivity contribution >= 4 is 22.8 Å². The minimum atomic E-state index is -0.729. The third-order valence-corrected chi connectivity index (χ3v) is 5.23. The zero-order valence-corrected chi connectivity index (χ0v) is 16.5. The number of hydrogen-bond donors (Lipinski definition) is 4. The van der Waals surface area contributed by atoms with Crippen molar-refractivity contribution in [3.63, 3.8) is 0 Å². The second-order valence-electron chi connectivity index (χ2n) is 7.41. The number of aryl methyl sites for hydroxylation is 3. The minimum absolute atomic E-state index is 0.166. The molecular weight excluding hydrogens is 372 g/mol. The van der Waals surface area contributed by atoms with Gasteiger partial charge in [-0.3, -0.25) is 14.3 Å². The molecule has 4 rings (SSSR count). The SMILES string of the molecule is Cc1ccc2[nH]c(CCCNC(=O)c3cc4n(n3)CC(O)CNC4=O)nc2c1C. The molecule has 0 radical (unpaired) electrons. The summed E-state index contributed by atoms with van der Waals surface area (Å²) < 4.78 is 1.38. The summed E-state index contributed by atoms with van der Waals surface area (Å²) in [5.74, 6) is 0.203. The summed E-state index contributed by atoms with van der Waals surface area (Å²) in [6.45, 7) is 4.94. The van der Waals surface area contributed by atoms with E-state index in [0.29, 0.717) is 13.0 Å². The second-order valence-corrected chi connectivity index (χ2v) is 7.41. The van der Waals surface area contributed by atoms with Gasteiger partial charge < -0.3 is 20.7 Å². The number of aromatic amines is 1. The van der Waals surface area contributed by atoms with Crippen LogP contribution in [0.15, 0.2) is 18.2 Å². The van der Waals surface area contributed by atoms with Gasteiger partial charge in [0.05, 0.1) is 23.7 Å². The molecule has 29 heavy (non-hydrogen) atoms. The highest BCUT2D eigenvalue weighted by Crippen LogP contribution is 2.19. The Balaban J connectivity index is 1.34. The lowest BCUT2D eigenvalue weighted by Crippen LogP contribution is -2.30. The molecule has 3 heterocycles. The third-order valence-electron chi connectivity index (χ3n) is 5.23. The summed E-state index contributed by atoms with van der Waals surface area (Å²) in [6.07, 6.45) is 0.699. The van der Waals surface area contributed by atoms with Crippen LogP contribution in [0.25, 0.3) is 11.0 Å². The van der Waals surface area contributed by atoms with Crippen LogP contribution in [-0.4, -0.2) is 55.9 Å². The molecule has 1 unspecified atom stereocenters. The van der Waals surface area contributed by atoms with Crippen LogP contribution in [0.5, 0.6) is 0 Å². The van der Waals surface area contributed by atoms with Crippen molar-refractivity contribution in [2.75, 3.05) is 13.1 Å². The van der Waals surface area contributed by atoms with E-state index in [1.165, 1.54) is 21.9 Å². The Morgan fingerprint density at radius 2 is 2.21 bits per heavy atom. The smallest absolute Gasteiger partial charge is 0.271 e. The predicted octanol–water partition coefficient (Wildman–Crippen LogP) is 0.843. The Kier molecular flexibility index (Phi) is 5.06. The maximum Gasteiger partial charge on any atom is 0.271 e. The molecule has 152 valence electrons. The van der Waals surface area contributed by atoms with Crippen molar-refractivity contribution in [3.05, 3.63) is 46.5 Å². The first-order valence-corrected chi connectivity index (χ1v) is 9.69. The van der Waals surface area contributed by atoms with Crippen LogP contribution in [0.1, 0.15) is 44.3 Å². The number of β-amino-alcohol motifs (C(OH)–C–C–N with tert-alkyl or cyclic N) is 1. The molecule has 9 nitrogen and oxygen atoms in total. The molecule has 1 aliphatic heterocycles. The molecule has 1 atom stereocenters. The van der Waals surface area contributed by atoms with Gasteiger partial charge in [-0.2, -0.15) is 5.10 Å². The molecule has 4 N–H and O–H groups in total. The van der Waals surface area contributed by atoms with Gasteiger partial charge in [-0.1, -0.05) is 6.07 Å². The number of benzene rings is 1. The molecule has 3 aromatic rings. The van der Waals surface area contributed by atoms with Gasteiger partial charge in [-0.05, 0) is 37.5 Å². The van der Waals surface area contributed by atoms with E-state index in [-0.39, 0.29) is 36.3 Å². The summed E-state index contributed by atoms with van der Waals surface area (Å²) in [5, 5.41) is 19.4. The maximum absolute atomic E-state index is 12.4. The molecule has 1 aliphatic rings. The number of carbonyl (C=O) groups is 2. The molecule has 0 fully saturated rings. The van der Waals surface area contributed by atoms with E-state index in [0.717, 1.165) is 23.3 Å². The average molecular weight is 396 g/mol. The van der Waals surface area contributed by atoms with Crippen LogP contribution >= 0.6 is 0 Å². The van der Waals surface area contributed by atoms with E-state index in [4.69, 9.17) is 0 Å². The monoisotopic (exact) mass is 396 g/mol. The summed E-state index contributed by atoms with van der Waals surface area (Å²) in [6, 6.07) is 5.56. The molecular formula is C20H24N6O3. The molecule has 0 saturated carbocycles. The number of amides is 2. The Hall–Kier alpha value is -3.20. The van der Waals surface area contributed by atoms with E-state index >= 15 is 0 Å². The van der Waals surface area contributed by atoms with Crippen LogP contribution in [0.3, 0.4) is 0 Å². The van der Waals surface area contributed by atoms with Gasteiger partial charge in [0, 0.05) is 25.6 Å². The van der Waals surface area contributed by atoms with Crippen molar-refractivity contribution in [1.82, 2.24) is 30.4 Å². The van der Waals surface area contributed by atoms with Gasteiger partial charge in [-0.15, -0.1) is 0 Å². The Morgan fingerprint density at radius 3 is 3.03 bits per heavy atom. The first-order valence-electron chi connectivity index (χ1n) is 9.69. The summed E-state index contributed by atoms with van der Waals surface area (Å²) in [4.78, 5) is 32.4. The Labute approximate surface area is 167 Å². The lowest BCUT2D eigenvalue weighted by Gasteiger charge is -2.06. The van der Waals surface area contributed by atoms with Gasteiger partial charge in [0.15, 0.2) is 5.69 Å². The summed E-state index contributed by atoms with van der Waals surface area (Å²) in [7, 11) is 0. The Bertz CT molecular complexity index is 1080. The second kappa shape index (κ2) is 7.67. The highest BCUT2D eigenvalue weighted by molar-refractivity contribution is 5.98. The van der Waals surface area contributed by atoms with Crippen molar-refractivity contribution < 1.29 is 14.7 Å². The fraction of sp³-hybridized carbons (Fsp3) is 0.400. The van der Waals surface area contributed by atoms with E-state index < -0.39 is 6.10 Å². The quantitative estimate of drug-likeness (QED) is 0.476. The maximum atomic E-state index is 12.4. The first kappa shape index (κ1) is 19.1. The number of aromatic nitrogens is 4. The number of nitrogens with zero attached hydrogens (tertiary/aromatic N) is 3. The lowest BCUT2D eigenvalue weighted by atomic mass is 10.1. The van der Waals surface area contributed by atoms with Crippen LogP contribution in [0, 0.1) is 13.8 Å². The fourth-order valence-electron chi connectivity index (χ4n) is 3.45. The van der Waals surface area contributed by atoms with Crippen LogP contribution in [0.2, 0.25) is 0 Å². The molecule has 0 spiro atoms. The fourth-order valence-corrected chi connectivity index (χ4v) is 3.45. The van der Waals surface area contributed by atoms with E-state index in [9.17, 15) is 14.7 Å². The molecule has 9 heteroatoms. The molecule has 0 aliphatic carbocycles. The zero-order valence-electron chi connectivity index (χ0n) is 16.5. The van der Waals surface area contributed by atoms with E-state index in [2.05, 4.69) is 45.6 Å². The predicted molar refractivity (Wildman–Crippen MR) is 107 cm³/mol. The third kappa shape index (κ3) is 3.86. The Morgan fingerprint density at radius 1 is 1.38 bits per heavy atom. The van der Waals surface area contributed by atoms with Crippen molar-refractivity contribution in [3.8, 4) is 0 Å². The average Bonchev–Trinajstić information content (AvgIpc) is 3.28. The number of imidazole rings is 1. The topological polar surface area (TPSA) is 125 Å². The van der Waals surface area contributed by atoms with Crippen molar-refractivity contribution in [2.24, 2.45) is 0 Å². The largest absolute Gasteiger partial charge is 0.389 e. The van der Waals surface area contributed by atoms with E-state index in [1.807, 2.05) is 6.07 Å². The molecule has 2 aromatic heterocycles. The number of nitrogens with one attached hydrogen (secondary N) is 3. The number of aliphatic hydroxyl groups excluding tert-OH is 1. The number of fused-ring (bicyclic) bond motifs is 2. The van der Waals surface area contributed by atoms with Gasteiger partial charge in [0.1, 0.15) is 11.5 Å². The molecule has 1 aromatic carbocycles. The van der Waals surface area contributed by atoms with Gasteiger partial charge in [0.25, 0.3) is 11.8 Å². The first-order chi connectivity index (χ1) is 13.9. The van der Waals surface area contributed by atoms with Gasteiger partial charge >= 0.3 is 0 Å². The van der Waals surface area contributed by atoms with Crippen LogP contribution in [0.4, 0.5) is 0 Å². The molecule has 2 amide bonds. The number of rotatable bonds is 5. The van der Waals surface area contributed by atoms with Crippen molar-refractivity contribution in [1.29, 1.82) is 0 Å². The number of aliphatic hydroxyl groups is 1. The molecule has 0 saturated heterocycles. The van der Waals surface area contributed by atoms with E-state index in [1.54, 1.807) is 0 Å². The summed E-state index contributed by atoms with van der Waals surface area (Å²) in [5.41, 5.74) is 4.84. The lowest BCUT2D eigenvalue weighted by molar-refractivity contribution is 0.0931. The standard InChI is InChI=1S/C20H24N6O3/c1-11-5-6-14-18(12(11)2)24-17(23-14)4-3-7-21-19(28)15-8-16-20(29)22-9-13(27)10-26(16)25-15/h5-6,8,13,27H,3-4,7,9-10H2,1-2H3,(H,21,28)(H,22,29)(H,23,24). The number of carbonyl (C=O) groups excluding carboxylic acids is 2. The van der Waals surface area contributed by atoms with Crippen LogP contribution in [-0.2, 0) is 13.0 Å². The minimum Gasteiger partial charge on any atom is -0.389 e.